The van der Waals surface area contributed by atoms with Crippen LogP contribution in [-0.2, 0) is 4.74 Å². The smallest absolute Gasteiger partial charge is 0.232 e. The standard InChI is InChI=1S/C13H22N6O/c1-13(2)9-19(7-8-20-13)12-16-10(14)15-11(17-12)18-5-3-4-6-18/h3-9H2,1-2H3,(H2,14,15,16,17). The van der Waals surface area contributed by atoms with Crippen molar-refractivity contribution in [1.29, 1.82) is 0 Å². The third kappa shape index (κ3) is 2.77. The number of morpholine rings is 1. The quantitative estimate of drug-likeness (QED) is 0.851. The van der Waals surface area contributed by atoms with Gasteiger partial charge >= 0.3 is 0 Å². The van der Waals surface area contributed by atoms with E-state index in [2.05, 4.69) is 38.6 Å². The van der Waals surface area contributed by atoms with E-state index in [4.69, 9.17) is 10.5 Å². The maximum absolute atomic E-state index is 5.85. The Hall–Kier alpha value is -1.63. The number of nitrogen functional groups attached to an aromatic ring is 1. The van der Waals surface area contributed by atoms with Crippen LogP contribution < -0.4 is 15.5 Å². The van der Waals surface area contributed by atoms with Crippen molar-refractivity contribution < 1.29 is 4.74 Å². The molecule has 0 bridgehead atoms. The van der Waals surface area contributed by atoms with Gasteiger partial charge in [0.2, 0.25) is 17.8 Å². The van der Waals surface area contributed by atoms with E-state index in [1.165, 1.54) is 12.8 Å². The molecule has 20 heavy (non-hydrogen) atoms. The highest BCUT2D eigenvalue weighted by atomic mass is 16.5. The Bertz CT molecular complexity index is 486. The molecule has 0 unspecified atom stereocenters. The minimum Gasteiger partial charge on any atom is -0.372 e. The monoisotopic (exact) mass is 278 g/mol. The number of nitrogens with zero attached hydrogens (tertiary/aromatic N) is 5. The summed E-state index contributed by atoms with van der Waals surface area (Å²) in [6, 6.07) is 0. The number of hydrogen-bond donors (Lipinski definition) is 1. The molecule has 0 atom stereocenters. The summed E-state index contributed by atoms with van der Waals surface area (Å²) >= 11 is 0. The lowest BCUT2D eigenvalue weighted by Crippen LogP contribution is -2.49. The van der Waals surface area contributed by atoms with Gasteiger partial charge in [0.25, 0.3) is 0 Å². The summed E-state index contributed by atoms with van der Waals surface area (Å²) in [6.07, 6.45) is 2.37. The first kappa shape index (κ1) is 13.4. The molecule has 7 nitrogen and oxygen atoms in total. The Morgan fingerprint density at radius 2 is 1.65 bits per heavy atom. The molecule has 2 aliphatic rings. The second-order valence-electron chi connectivity index (χ2n) is 6.02. The third-order valence-corrected chi connectivity index (χ3v) is 3.73. The number of nitrogens with two attached hydrogens (primary N) is 1. The maximum Gasteiger partial charge on any atom is 0.232 e. The van der Waals surface area contributed by atoms with Crippen LogP contribution in [0.4, 0.5) is 17.8 Å². The second kappa shape index (κ2) is 5.05. The van der Waals surface area contributed by atoms with Gasteiger partial charge in [-0.1, -0.05) is 0 Å². The fourth-order valence-electron chi connectivity index (χ4n) is 2.76. The van der Waals surface area contributed by atoms with Crippen LogP contribution in [0.2, 0.25) is 0 Å². The lowest BCUT2D eigenvalue weighted by molar-refractivity contribution is -0.0281. The van der Waals surface area contributed by atoms with Crippen LogP contribution in [0.3, 0.4) is 0 Å². The van der Waals surface area contributed by atoms with Crippen LogP contribution in [0.15, 0.2) is 0 Å². The van der Waals surface area contributed by atoms with Crippen LogP contribution in [0, 0.1) is 0 Å². The largest absolute Gasteiger partial charge is 0.372 e. The Balaban J connectivity index is 1.85. The van der Waals surface area contributed by atoms with Gasteiger partial charge in [0, 0.05) is 26.2 Å². The number of aromatic nitrogens is 3. The highest BCUT2D eigenvalue weighted by molar-refractivity contribution is 5.44. The molecular formula is C13H22N6O. The van der Waals surface area contributed by atoms with Gasteiger partial charge in [0.05, 0.1) is 12.2 Å². The van der Waals surface area contributed by atoms with Crippen molar-refractivity contribution in [2.24, 2.45) is 0 Å². The molecule has 0 radical (unpaired) electrons. The van der Waals surface area contributed by atoms with Crippen molar-refractivity contribution in [3.05, 3.63) is 0 Å². The average Bonchev–Trinajstić information content (AvgIpc) is 2.90. The molecule has 3 rings (SSSR count). The van der Waals surface area contributed by atoms with Crippen molar-refractivity contribution in [3.63, 3.8) is 0 Å². The maximum atomic E-state index is 5.85. The van der Waals surface area contributed by atoms with Crippen molar-refractivity contribution >= 4 is 17.8 Å². The van der Waals surface area contributed by atoms with E-state index < -0.39 is 0 Å². The van der Waals surface area contributed by atoms with Gasteiger partial charge in [-0.2, -0.15) is 15.0 Å². The van der Waals surface area contributed by atoms with Crippen molar-refractivity contribution in [2.75, 3.05) is 48.3 Å². The fraction of sp³-hybridized carbons (Fsp3) is 0.769. The molecule has 1 aromatic heterocycles. The van der Waals surface area contributed by atoms with Crippen molar-refractivity contribution in [1.82, 2.24) is 15.0 Å². The molecular weight excluding hydrogens is 256 g/mol. The topological polar surface area (TPSA) is 80.4 Å². The van der Waals surface area contributed by atoms with Crippen LogP contribution in [0.25, 0.3) is 0 Å². The first-order valence-corrected chi connectivity index (χ1v) is 7.19. The molecule has 3 heterocycles. The van der Waals surface area contributed by atoms with Crippen LogP contribution >= 0.6 is 0 Å². The summed E-state index contributed by atoms with van der Waals surface area (Å²) in [5.74, 6) is 1.66. The average molecular weight is 278 g/mol. The molecule has 0 amide bonds. The Morgan fingerprint density at radius 3 is 2.30 bits per heavy atom. The Labute approximate surface area is 119 Å². The molecule has 0 aliphatic carbocycles. The normalized spacial score (nSPS) is 22.3. The minimum atomic E-state index is -0.187. The van der Waals surface area contributed by atoms with E-state index in [0.29, 0.717) is 24.5 Å². The highest BCUT2D eigenvalue weighted by Gasteiger charge is 2.29. The highest BCUT2D eigenvalue weighted by Crippen LogP contribution is 2.23. The summed E-state index contributed by atoms with van der Waals surface area (Å²) in [5, 5.41) is 0. The summed E-state index contributed by atoms with van der Waals surface area (Å²) in [5.41, 5.74) is 5.67. The van der Waals surface area contributed by atoms with E-state index in [1.54, 1.807) is 0 Å². The van der Waals surface area contributed by atoms with Gasteiger partial charge < -0.3 is 20.3 Å². The zero-order valence-electron chi connectivity index (χ0n) is 12.2. The lowest BCUT2D eigenvalue weighted by Gasteiger charge is -2.38. The number of ether oxygens (including phenoxy) is 1. The van der Waals surface area contributed by atoms with Crippen LogP contribution in [-0.4, -0.2) is 53.3 Å². The molecule has 2 N–H and O–H groups in total. The molecule has 7 heteroatoms. The van der Waals surface area contributed by atoms with Gasteiger partial charge in [0.15, 0.2) is 0 Å². The molecule has 2 saturated heterocycles. The van der Waals surface area contributed by atoms with Crippen molar-refractivity contribution in [3.8, 4) is 0 Å². The molecule has 2 aliphatic heterocycles. The van der Waals surface area contributed by atoms with Gasteiger partial charge in [0.1, 0.15) is 0 Å². The Kier molecular flexibility index (Phi) is 3.37. The summed E-state index contributed by atoms with van der Waals surface area (Å²) in [4.78, 5) is 17.5. The van der Waals surface area contributed by atoms with Gasteiger partial charge in [-0.15, -0.1) is 0 Å². The number of anilines is 3. The van der Waals surface area contributed by atoms with Crippen molar-refractivity contribution in [2.45, 2.75) is 32.3 Å². The predicted molar refractivity (Wildman–Crippen MR) is 77.9 cm³/mol. The third-order valence-electron chi connectivity index (χ3n) is 3.73. The first-order valence-electron chi connectivity index (χ1n) is 7.19. The van der Waals surface area contributed by atoms with Crippen LogP contribution in [0.5, 0.6) is 0 Å². The van der Waals surface area contributed by atoms with Gasteiger partial charge in [-0.3, -0.25) is 0 Å². The summed E-state index contributed by atoms with van der Waals surface area (Å²) < 4.78 is 5.72. The minimum absolute atomic E-state index is 0.187. The molecule has 0 aromatic carbocycles. The van der Waals surface area contributed by atoms with Crippen LogP contribution in [0.1, 0.15) is 26.7 Å². The molecule has 2 fully saturated rings. The fourth-order valence-corrected chi connectivity index (χ4v) is 2.76. The molecule has 0 spiro atoms. The first-order chi connectivity index (χ1) is 9.53. The predicted octanol–water partition coefficient (Wildman–Crippen LogP) is 0.669. The van der Waals surface area contributed by atoms with Gasteiger partial charge in [-0.05, 0) is 26.7 Å². The van der Waals surface area contributed by atoms with E-state index >= 15 is 0 Å². The zero-order chi connectivity index (χ0) is 14.2. The summed E-state index contributed by atoms with van der Waals surface area (Å²) in [6.45, 7) is 8.37. The number of rotatable bonds is 2. The number of hydrogen-bond acceptors (Lipinski definition) is 7. The second-order valence-corrected chi connectivity index (χ2v) is 6.02. The zero-order valence-corrected chi connectivity index (χ0v) is 12.2. The Morgan fingerprint density at radius 1 is 1.00 bits per heavy atom. The van der Waals surface area contributed by atoms with E-state index in [9.17, 15) is 0 Å². The van der Waals surface area contributed by atoms with E-state index in [0.717, 1.165) is 26.2 Å². The molecule has 0 saturated carbocycles. The SMILES string of the molecule is CC1(C)CN(c2nc(N)nc(N3CCCC3)n2)CCO1. The van der Waals surface area contributed by atoms with E-state index in [1.807, 2.05) is 0 Å². The molecule has 1 aromatic rings. The van der Waals surface area contributed by atoms with E-state index in [-0.39, 0.29) is 5.60 Å². The molecule has 110 valence electrons. The lowest BCUT2D eigenvalue weighted by atomic mass is 10.1. The van der Waals surface area contributed by atoms with Gasteiger partial charge in [-0.25, -0.2) is 0 Å². The summed E-state index contributed by atoms with van der Waals surface area (Å²) in [7, 11) is 0.